The zero-order valence-corrected chi connectivity index (χ0v) is 18.8. The third kappa shape index (κ3) is 5.50. The molecule has 0 amide bonds. The third-order valence-electron chi connectivity index (χ3n) is 5.86. The van der Waals surface area contributed by atoms with E-state index >= 15 is 0 Å². The minimum atomic E-state index is -2.28. The maximum absolute atomic E-state index is 12.5. The molecule has 1 aliphatic carbocycles. The molecule has 0 unspecified atom stereocenters. The van der Waals surface area contributed by atoms with Gasteiger partial charge in [0.25, 0.3) is 0 Å². The average Bonchev–Trinajstić information content (AvgIpc) is 3.26. The van der Waals surface area contributed by atoms with Crippen molar-refractivity contribution in [3.05, 3.63) is 12.7 Å². The van der Waals surface area contributed by atoms with Gasteiger partial charge in [0, 0.05) is 0 Å². The predicted molar refractivity (Wildman–Crippen MR) is 103 cm³/mol. The molecule has 0 aromatic rings. The van der Waals surface area contributed by atoms with Gasteiger partial charge in [-0.1, -0.05) is 0 Å². The Labute approximate surface area is 148 Å². The van der Waals surface area contributed by atoms with E-state index in [0.717, 1.165) is 10.4 Å². The molecule has 0 saturated heterocycles. The van der Waals surface area contributed by atoms with Crippen LogP contribution in [0.1, 0.15) is 72.6 Å². The molecule has 134 valence electrons. The van der Waals surface area contributed by atoms with Crippen molar-refractivity contribution in [3.8, 4) is 0 Å². The summed E-state index contributed by atoms with van der Waals surface area (Å²) in [6.07, 6.45) is 10.8. The summed E-state index contributed by atoms with van der Waals surface area (Å²) in [5.74, 6) is 0.0490. The molecular formula is C20H38O2Sn. The number of rotatable bonds is 13. The summed E-state index contributed by atoms with van der Waals surface area (Å²) in [5.41, 5.74) is -0.158. The molecule has 0 bridgehead atoms. The second-order valence-corrected chi connectivity index (χ2v) is 21.8. The van der Waals surface area contributed by atoms with Crippen molar-refractivity contribution in [2.45, 2.75) is 89.9 Å². The van der Waals surface area contributed by atoms with E-state index in [-0.39, 0.29) is 11.4 Å². The number of carbonyl (C=O) groups excluding carboxylic acids is 1. The minimum absolute atomic E-state index is 0.0490. The molecule has 0 radical (unpaired) electrons. The molecule has 1 rings (SSSR count). The van der Waals surface area contributed by atoms with Crippen molar-refractivity contribution in [1.29, 1.82) is 0 Å². The van der Waals surface area contributed by atoms with Crippen LogP contribution >= 0.6 is 0 Å². The Kier molecular flexibility index (Phi) is 9.25. The normalized spacial score (nSPS) is 23.6. The number of hydrogen-bond donors (Lipinski definition) is 0. The van der Waals surface area contributed by atoms with Crippen LogP contribution in [-0.4, -0.2) is 31.0 Å². The number of hydrogen-bond acceptors (Lipinski definition) is 2. The van der Waals surface area contributed by atoms with Crippen LogP contribution in [0, 0.1) is 5.41 Å². The van der Waals surface area contributed by atoms with E-state index < -0.39 is 18.4 Å². The van der Waals surface area contributed by atoms with Gasteiger partial charge in [0.1, 0.15) is 0 Å². The number of ether oxygens (including phenoxy) is 1. The summed E-state index contributed by atoms with van der Waals surface area (Å²) in [7, 11) is 0. The van der Waals surface area contributed by atoms with Crippen LogP contribution in [0.25, 0.3) is 0 Å². The Balaban J connectivity index is 2.89. The van der Waals surface area contributed by atoms with Crippen LogP contribution in [0.15, 0.2) is 12.7 Å². The van der Waals surface area contributed by atoms with Crippen LogP contribution in [0.5, 0.6) is 0 Å². The first-order valence-electron chi connectivity index (χ1n) is 9.78. The summed E-state index contributed by atoms with van der Waals surface area (Å²) in [6, 6.07) is 0. The van der Waals surface area contributed by atoms with Crippen molar-refractivity contribution < 1.29 is 9.53 Å². The van der Waals surface area contributed by atoms with E-state index in [2.05, 4.69) is 34.3 Å². The molecule has 1 aliphatic rings. The number of esters is 1. The van der Waals surface area contributed by atoms with E-state index in [0.29, 0.717) is 6.61 Å². The van der Waals surface area contributed by atoms with Crippen molar-refractivity contribution in [1.82, 2.24) is 0 Å². The van der Waals surface area contributed by atoms with Crippen LogP contribution in [0.4, 0.5) is 0 Å². The Morgan fingerprint density at radius 2 is 1.61 bits per heavy atom. The first kappa shape index (κ1) is 21.1. The molecule has 2 nitrogen and oxygen atoms in total. The Morgan fingerprint density at radius 1 is 1.13 bits per heavy atom. The summed E-state index contributed by atoms with van der Waals surface area (Å²) in [5, 5.41) is 0. The summed E-state index contributed by atoms with van der Waals surface area (Å²) >= 11 is -2.28. The molecule has 0 heterocycles. The van der Waals surface area contributed by atoms with Crippen molar-refractivity contribution in [2.75, 3.05) is 6.61 Å². The molecule has 0 aliphatic heterocycles. The summed E-state index contributed by atoms with van der Waals surface area (Å²) < 4.78 is 10.6. The zero-order chi connectivity index (χ0) is 17.3. The first-order valence-corrected chi connectivity index (χ1v) is 17.5. The maximum atomic E-state index is 12.5. The molecule has 2 atom stereocenters. The fourth-order valence-corrected chi connectivity index (χ4v) is 25.1. The van der Waals surface area contributed by atoms with Gasteiger partial charge in [-0.3, -0.25) is 0 Å². The Hall–Kier alpha value is 0.00870. The molecule has 0 aromatic heterocycles. The summed E-state index contributed by atoms with van der Waals surface area (Å²) in [4.78, 5) is 12.5. The van der Waals surface area contributed by atoms with E-state index in [1.807, 2.05) is 0 Å². The fraction of sp³-hybridized carbons (Fsp3) is 0.850. The van der Waals surface area contributed by atoms with Crippen LogP contribution in [0.3, 0.4) is 0 Å². The zero-order valence-electron chi connectivity index (χ0n) is 16.0. The van der Waals surface area contributed by atoms with E-state index in [1.54, 1.807) is 6.08 Å². The van der Waals surface area contributed by atoms with Crippen molar-refractivity contribution in [2.24, 2.45) is 5.41 Å². The average molecular weight is 429 g/mol. The molecule has 1 fully saturated rings. The quantitative estimate of drug-likeness (QED) is 0.194. The van der Waals surface area contributed by atoms with Gasteiger partial charge >= 0.3 is 148 Å². The van der Waals surface area contributed by atoms with Crippen molar-refractivity contribution >= 4 is 24.3 Å². The van der Waals surface area contributed by atoms with Gasteiger partial charge in [0.05, 0.1) is 0 Å². The van der Waals surface area contributed by atoms with E-state index in [9.17, 15) is 4.79 Å². The van der Waals surface area contributed by atoms with Crippen LogP contribution < -0.4 is 0 Å². The third-order valence-corrected chi connectivity index (χ3v) is 24.0. The molecule has 1 saturated carbocycles. The molecule has 0 spiro atoms. The summed E-state index contributed by atoms with van der Waals surface area (Å²) in [6.45, 7) is 13.1. The Bertz CT molecular complexity index is 358. The molecular weight excluding hydrogens is 391 g/mol. The first-order chi connectivity index (χ1) is 11.0. The van der Waals surface area contributed by atoms with Gasteiger partial charge in [0.2, 0.25) is 0 Å². The number of carbonyl (C=O) groups is 1. The number of unbranched alkanes of at least 4 members (excludes halogenated alkanes) is 3. The Morgan fingerprint density at radius 3 is 2.00 bits per heavy atom. The SMILES string of the molecule is C=CCOC(=O)[C@@]1(C)C[C@@H]1[Sn]([CH2]CCC)([CH2]CCC)[CH2]CCC. The second kappa shape index (κ2) is 10.1. The van der Waals surface area contributed by atoms with Gasteiger partial charge in [-0.15, -0.1) is 0 Å². The topological polar surface area (TPSA) is 26.3 Å². The van der Waals surface area contributed by atoms with Gasteiger partial charge in [-0.05, 0) is 0 Å². The monoisotopic (exact) mass is 430 g/mol. The van der Waals surface area contributed by atoms with Crippen LogP contribution in [0.2, 0.25) is 17.2 Å². The second-order valence-electron chi connectivity index (χ2n) is 7.73. The molecule has 23 heavy (non-hydrogen) atoms. The fourth-order valence-electron chi connectivity index (χ4n) is 4.27. The van der Waals surface area contributed by atoms with Gasteiger partial charge < -0.3 is 0 Å². The predicted octanol–water partition coefficient (Wildman–Crippen LogP) is 6.34. The van der Waals surface area contributed by atoms with Gasteiger partial charge in [-0.25, -0.2) is 0 Å². The molecule has 0 N–H and O–H groups in total. The van der Waals surface area contributed by atoms with E-state index in [4.69, 9.17) is 4.74 Å². The van der Waals surface area contributed by atoms with Crippen molar-refractivity contribution in [3.63, 3.8) is 0 Å². The van der Waals surface area contributed by atoms with Gasteiger partial charge in [0.15, 0.2) is 0 Å². The molecule has 0 aromatic carbocycles. The van der Waals surface area contributed by atoms with E-state index in [1.165, 1.54) is 51.8 Å². The molecule has 3 heteroatoms. The standard InChI is InChI=1S/C8H11O2.3C4H9.Sn/c1-3-6-10-7(9)8(2)4-5-8;3*1-3-4-2;/h3-4H,1,5-6H2,2H3;3*1,3-4H2,2H3;/t8-;;;;/m1..../s1. The van der Waals surface area contributed by atoms with Gasteiger partial charge in [-0.2, -0.15) is 0 Å². The van der Waals surface area contributed by atoms with Crippen LogP contribution in [-0.2, 0) is 9.53 Å².